The van der Waals surface area contributed by atoms with Gasteiger partial charge in [0, 0.05) is 10.6 Å². The molecule has 156 valence electrons. The first-order valence-corrected chi connectivity index (χ1v) is 11.1. The summed E-state index contributed by atoms with van der Waals surface area (Å²) in [4.78, 5) is 29.5. The van der Waals surface area contributed by atoms with Gasteiger partial charge in [-0.05, 0) is 67.3 Å². The Labute approximate surface area is 187 Å². The monoisotopic (exact) mass is 428 g/mol. The molecule has 4 rings (SSSR count). The fraction of sp³-hybridized carbons (Fsp3) is 0.154. The van der Waals surface area contributed by atoms with Crippen molar-refractivity contribution in [1.82, 2.24) is 0 Å². The second-order valence-electron chi connectivity index (χ2n) is 7.46. The Morgan fingerprint density at radius 2 is 1.55 bits per heavy atom. The molecule has 0 fully saturated rings. The second-order valence-corrected chi connectivity index (χ2v) is 8.54. The van der Waals surface area contributed by atoms with Gasteiger partial charge in [0.25, 0.3) is 11.8 Å². The van der Waals surface area contributed by atoms with Crippen molar-refractivity contribution in [3.8, 4) is 0 Å². The molecule has 0 aromatic heterocycles. The number of nitrogens with zero attached hydrogens (tertiary/aromatic N) is 1. The van der Waals surface area contributed by atoms with Crippen molar-refractivity contribution in [2.75, 3.05) is 10.2 Å². The number of amides is 2. The molecule has 0 atom stereocenters. The summed E-state index contributed by atoms with van der Waals surface area (Å²) in [5.74, 6) is -0.642. The summed E-state index contributed by atoms with van der Waals surface area (Å²) in [5, 5.41) is 3.22. The van der Waals surface area contributed by atoms with Crippen LogP contribution in [-0.4, -0.2) is 11.8 Å². The molecule has 0 unspecified atom stereocenters. The second kappa shape index (κ2) is 8.82. The number of benzene rings is 3. The van der Waals surface area contributed by atoms with Gasteiger partial charge in [-0.25, -0.2) is 4.90 Å². The molecule has 1 aliphatic rings. The summed E-state index contributed by atoms with van der Waals surface area (Å²) in [6.07, 6.45) is 0.940. The normalized spacial score (nSPS) is 13.8. The van der Waals surface area contributed by atoms with Gasteiger partial charge in [-0.1, -0.05) is 61.2 Å². The van der Waals surface area contributed by atoms with Gasteiger partial charge in [0.05, 0.1) is 5.69 Å². The zero-order valence-corrected chi connectivity index (χ0v) is 18.6. The average molecular weight is 429 g/mol. The van der Waals surface area contributed by atoms with Gasteiger partial charge < -0.3 is 5.32 Å². The van der Waals surface area contributed by atoms with Crippen LogP contribution in [0.25, 0.3) is 0 Å². The number of hydrogen-bond acceptors (Lipinski definition) is 4. The van der Waals surface area contributed by atoms with E-state index < -0.39 is 0 Å². The third-order valence-electron chi connectivity index (χ3n) is 5.45. The van der Waals surface area contributed by atoms with Gasteiger partial charge >= 0.3 is 0 Å². The molecule has 5 heteroatoms. The summed E-state index contributed by atoms with van der Waals surface area (Å²) in [5.41, 5.74) is 4.88. The largest absolute Gasteiger partial charge is 0.350 e. The third-order valence-corrected chi connectivity index (χ3v) is 6.54. The molecule has 3 aromatic rings. The molecular weight excluding hydrogens is 404 g/mol. The fourth-order valence-electron chi connectivity index (χ4n) is 3.49. The standard InChI is InChI=1S/C26H24N2O2S/c1-4-19-13-15-20(16-14-19)27-23-24(31-21-10-6-5-7-11-21)26(30)28(25(23)29)22-12-8-9-17(2)18(22)3/h5-16,27H,4H2,1-3H3. The van der Waals surface area contributed by atoms with E-state index in [0.29, 0.717) is 16.3 Å². The number of anilines is 2. The number of nitrogens with one attached hydrogen (secondary N) is 1. The molecule has 1 N–H and O–H groups in total. The first-order chi connectivity index (χ1) is 15.0. The van der Waals surface area contributed by atoms with Crippen LogP contribution in [0, 0.1) is 13.8 Å². The molecule has 0 aliphatic carbocycles. The molecular formula is C26H24N2O2S. The van der Waals surface area contributed by atoms with Crippen LogP contribution >= 0.6 is 11.8 Å². The first kappa shape index (κ1) is 20.9. The molecule has 4 nitrogen and oxygen atoms in total. The smallest absolute Gasteiger partial charge is 0.283 e. The van der Waals surface area contributed by atoms with Crippen LogP contribution in [0.2, 0.25) is 0 Å². The predicted molar refractivity (Wildman–Crippen MR) is 127 cm³/mol. The molecule has 0 radical (unpaired) electrons. The number of aryl methyl sites for hydroxylation is 2. The number of carbonyl (C=O) groups excluding carboxylic acids is 2. The Kier molecular flexibility index (Phi) is 5.96. The number of hydrogen-bond donors (Lipinski definition) is 1. The lowest BCUT2D eigenvalue weighted by atomic mass is 10.1. The number of thioether (sulfide) groups is 1. The lowest BCUT2D eigenvalue weighted by Gasteiger charge is -2.19. The van der Waals surface area contributed by atoms with Crippen molar-refractivity contribution in [2.45, 2.75) is 32.1 Å². The van der Waals surface area contributed by atoms with E-state index in [4.69, 9.17) is 0 Å². The molecule has 0 spiro atoms. The first-order valence-electron chi connectivity index (χ1n) is 10.3. The average Bonchev–Trinajstić information content (AvgIpc) is 3.01. The van der Waals surface area contributed by atoms with Gasteiger partial charge in [-0.15, -0.1) is 0 Å². The van der Waals surface area contributed by atoms with Crippen molar-refractivity contribution in [1.29, 1.82) is 0 Å². The van der Waals surface area contributed by atoms with Crippen molar-refractivity contribution in [3.63, 3.8) is 0 Å². The Morgan fingerprint density at radius 1 is 0.839 bits per heavy atom. The van der Waals surface area contributed by atoms with E-state index in [1.54, 1.807) is 0 Å². The van der Waals surface area contributed by atoms with E-state index >= 15 is 0 Å². The molecule has 0 saturated carbocycles. The van der Waals surface area contributed by atoms with Crippen LogP contribution in [0.3, 0.4) is 0 Å². The maximum Gasteiger partial charge on any atom is 0.283 e. The Hall–Kier alpha value is -3.31. The maximum absolute atomic E-state index is 13.5. The summed E-state index contributed by atoms with van der Waals surface area (Å²) < 4.78 is 0. The Bertz CT molecular complexity index is 1170. The van der Waals surface area contributed by atoms with Crippen LogP contribution < -0.4 is 10.2 Å². The highest BCUT2D eigenvalue weighted by Gasteiger charge is 2.40. The van der Waals surface area contributed by atoms with Crippen LogP contribution in [0.1, 0.15) is 23.6 Å². The van der Waals surface area contributed by atoms with Crippen LogP contribution in [0.5, 0.6) is 0 Å². The van der Waals surface area contributed by atoms with Gasteiger partial charge in [-0.3, -0.25) is 9.59 Å². The van der Waals surface area contributed by atoms with Crippen molar-refractivity contribution in [2.24, 2.45) is 0 Å². The van der Waals surface area contributed by atoms with Crippen LogP contribution in [0.4, 0.5) is 11.4 Å². The van der Waals surface area contributed by atoms with Crippen LogP contribution in [0.15, 0.2) is 88.3 Å². The number of imide groups is 1. The minimum absolute atomic E-state index is 0.305. The maximum atomic E-state index is 13.5. The fourth-order valence-corrected chi connectivity index (χ4v) is 4.43. The van der Waals surface area contributed by atoms with E-state index in [1.165, 1.54) is 22.2 Å². The molecule has 0 saturated heterocycles. The molecule has 0 bridgehead atoms. The lowest BCUT2D eigenvalue weighted by molar-refractivity contribution is -0.120. The van der Waals surface area contributed by atoms with E-state index in [2.05, 4.69) is 12.2 Å². The molecule has 3 aromatic carbocycles. The van der Waals surface area contributed by atoms with Crippen molar-refractivity contribution >= 4 is 35.0 Å². The summed E-state index contributed by atoms with van der Waals surface area (Å²) in [7, 11) is 0. The minimum atomic E-state index is -0.336. The highest BCUT2D eigenvalue weighted by molar-refractivity contribution is 8.04. The highest BCUT2D eigenvalue weighted by Crippen LogP contribution is 2.39. The summed E-state index contributed by atoms with van der Waals surface area (Å²) in [6, 6.07) is 23.2. The van der Waals surface area contributed by atoms with Crippen molar-refractivity contribution < 1.29 is 9.59 Å². The van der Waals surface area contributed by atoms with Gasteiger partial charge in [0.15, 0.2) is 0 Å². The van der Waals surface area contributed by atoms with E-state index in [1.807, 2.05) is 86.6 Å². The Balaban J connectivity index is 1.75. The lowest BCUT2D eigenvalue weighted by Crippen LogP contribution is -2.33. The van der Waals surface area contributed by atoms with Crippen molar-refractivity contribution in [3.05, 3.63) is 100 Å². The van der Waals surface area contributed by atoms with Gasteiger partial charge in [-0.2, -0.15) is 0 Å². The summed E-state index contributed by atoms with van der Waals surface area (Å²) in [6.45, 7) is 6.01. The third kappa shape index (κ3) is 4.14. The summed E-state index contributed by atoms with van der Waals surface area (Å²) >= 11 is 1.31. The molecule has 31 heavy (non-hydrogen) atoms. The quantitative estimate of drug-likeness (QED) is 0.500. The van der Waals surface area contributed by atoms with E-state index in [9.17, 15) is 9.59 Å². The van der Waals surface area contributed by atoms with Crippen LogP contribution in [-0.2, 0) is 16.0 Å². The SMILES string of the molecule is CCc1ccc(NC2=C(Sc3ccccc3)C(=O)N(c3cccc(C)c3C)C2=O)cc1. The van der Waals surface area contributed by atoms with E-state index in [-0.39, 0.29) is 11.8 Å². The molecule has 1 aliphatic heterocycles. The number of rotatable bonds is 6. The topological polar surface area (TPSA) is 49.4 Å². The predicted octanol–water partition coefficient (Wildman–Crippen LogP) is 5.86. The Morgan fingerprint density at radius 3 is 2.23 bits per heavy atom. The highest BCUT2D eigenvalue weighted by atomic mass is 32.2. The minimum Gasteiger partial charge on any atom is -0.350 e. The zero-order valence-electron chi connectivity index (χ0n) is 17.8. The zero-order chi connectivity index (χ0) is 22.0. The van der Waals surface area contributed by atoms with E-state index in [0.717, 1.165) is 28.1 Å². The number of carbonyl (C=O) groups is 2. The molecule has 2 amide bonds. The molecule has 1 heterocycles. The van der Waals surface area contributed by atoms with Gasteiger partial charge in [0.1, 0.15) is 10.6 Å². The van der Waals surface area contributed by atoms with Gasteiger partial charge in [0.2, 0.25) is 0 Å².